The van der Waals surface area contributed by atoms with Crippen LogP contribution in [0.4, 0.5) is 0 Å². The largest absolute Gasteiger partial charge is 0.241 e. The Morgan fingerprint density at radius 2 is 2.18 bits per heavy atom. The van der Waals surface area contributed by atoms with E-state index in [1.807, 2.05) is 23.0 Å². The summed E-state index contributed by atoms with van der Waals surface area (Å²) in [5.41, 5.74) is 3.76. The fraction of sp³-hybridized carbons (Fsp3) is 0.222. The van der Waals surface area contributed by atoms with Crippen molar-refractivity contribution in [3.63, 3.8) is 0 Å². The van der Waals surface area contributed by atoms with Gasteiger partial charge in [-0.2, -0.15) is 5.10 Å². The highest BCUT2D eigenvalue weighted by Crippen LogP contribution is 2.12. The minimum atomic E-state index is 1.20. The predicted octanol–water partition coefficient (Wildman–Crippen LogP) is 1.95. The van der Waals surface area contributed by atoms with Gasteiger partial charge in [-0.1, -0.05) is 0 Å². The highest BCUT2D eigenvalue weighted by atomic mass is 15.2. The van der Waals surface area contributed by atoms with Crippen LogP contribution in [0, 0.1) is 13.8 Å². The van der Waals surface area contributed by atoms with Gasteiger partial charge in [-0.05, 0) is 37.1 Å². The normalized spacial score (nSPS) is 10.7. The number of hydrogen-bond acceptors (Lipinski definition) is 1. The molecule has 2 aromatic rings. The smallest absolute Gasteiger partial charge is 0.0678 e. The van der Waals surface area contributed by atoms with Crippen molar-refractivity contribution in [3.05, 3.63) is 35.7 Å². The van der Waals surface area contributed by atoms with E-state index in [0.717, 1.165) is 0 Å². The maximum absolute atomic E-state index is 4.22. The molecule has 0 aliphatic heterocycles. The Bertz CT molecular complexity index is 387. The Labute approximate surface area is 65.5 Å². The van der Waals surface area contributed by atoms with Crippen LogP contribution in [0.3, 0.4) is 0 Å². The molecule has 0 radical (unpaired) electrons. The van der Waals surface area contributed by atoms with Gasteiger partial charge in [0.2, 0.25) is 0 Å². The Morgan fingerprint density at radius 1 is 1.36 bits per heavy atom. The van der Waals surface area contributed by atoms with Crippen LogP contribution >= 0.6 is 0 Å². The Kier molecular flexibility index (Phi) is 1.22. The third kappa shape index (κ3) is 0.827. The standard InChI is InChI=1S/C9H10N2/c1-7-6-10-11-5-3-4-9(11)8(7)2/h3-6H,1-2H3. The molecule has 0 unspecified atom stereocenters. The zero-order valence-corrected chi connectivity index (χ0v) is 6.70. The SMILES string of the molecule is Cc1cnn2cccc2c1C. The first kappa shape index (κ1) is 6.40. The van der Waals surface area contributed by atoms with Crippen molar-refractivity contribution in [2.45, 2.75) is 13.8 Å². The fourth-order valence-corrected chi connectivity index (χ4v) is 1.22. The third-order valence-corrected chi connectivity index (χ3v) is 2.08. The lowest BCUT2D eigenvalue weighted by atomic mass is 10.2. The first-order valence-corrected chi connectivity index (χ1v) is 3.68. The van der Waals surface area contributed by atoms with Gasteiger partial charge < -0.3 is 0 Å². The molecule has 56 valence electrons. The lowest BCUT2D eigenvalue weighted by molar-refractivity contribution is 0.923. The maximum atomic E-state index is 4.22. The summed E-state index contributed by atoms with van der Waals surface area (Å²) in [7, 11) is 0. The maximum Gasteiger partial charge on any atom is 0.0678 e. The van der Waals surface area contributed by atoms with Gasteiger partial charge in [-0.3, -0.25) is 0 Å². The third-order valence-electron chi connectivity index (χ3n) is 2.08. The summed E-state index contributed by atoms with van der Waals surface area (Å²) >= 11 is 0. The van der Waals surface area contributed by atoms with Crippen molar-refractivity contribution in [1.82, 2.24) is 9.61 Å². The molecule has 0 aliphatic rings. The van der Waals surface area contributed by atoms with Crippen molar-refractivity contribution in [2.24, 2.45) is 0 Å². The van der Waals surface area contributed by atoms with E-state index in [1.165, 1.54) is 16.6 Å². The highest BCUT2D eigenvalue weighted by Gasteiger charge is 1.98. The average Bonchev–Trinajstić information content (AvgIpc) is 2.45. The van der Waals surface area contributed by atoms with Crippen molar-refractivity contribution >= 4 is 5.52 Å². The molecular formula is C9H10N2. The lowest BCUT2D eigenvalue weighted by Gasteiger charge is -2.00. The number of aryl methyl sites for hydroxylation is 2. The van der Waals surface area contributed by atoms with Gasteiger partial charge in [-0.25, -0.2) is 4.52 Å². The molecule has 11 heavy (non-hydrogen) atoms. The molecule has 2 nitrogen and oxygen atoms in total. The van der Waals surface area contributed by atoms with Crippen LogP contribution in [0.5, 0.6) is 0 Å². The van der Waals surface area contributed by atoms with E-state index in [1.54, 1.807) is 0 Å². The first-order chi connectivity index (χ1) is 5.29. The number of aromatic nitrogens is 2. The van der Waals surface area contributed by atoms with Crippen LogP contribution in [0.15, 0.2) is 24.5 Å². The van der Waals surface area contributed by atoms with E-state index in [9.17, 15) is 0 Å². The summed E-state index contributed by atoms with van der Waals surface area (Å²) in [5.74, 6) is 0. The van der Waals surface area contributed by atoms with E-state index < -0.39 is 0 Å². The van der Waals surface area contributed by atoms with Gasteiger partial charge in [0.15, 0.2) is 0 Å². The van der Waals surface area contributed by atoms with Crippen LogP contribution in [0.1, 0.15) is 11.1 Å². The Morgan fingerprint density at radius 3 is 3.00 bits per heavy atom. The van der Waals surface area contributed by atoms with Crippen LogP contribution in [-0.4, -0.2) is 9.61 Å². The molecule has 0 saturated heterocycles. The number of nitrogens with zero attached hydrogens (tertiary/aromatic N) is 2. The molecule has 2 rings (SSSR count). The summed E-state index contributed by atoms with van der Waals surface area (Å²) in [4.78, 5) is 0. The van der Waals surface area contributed by atoms with Crippen LogP contribution in [0.25, 0.3) is 5.52 Å². The molecule has 0 spiro atoms. The topological polar surface area (TPSA) is 17.3 Å². The molecule has 0 N–H and O–H groups in total. The van der Waals surface area contributed by atoms with Crippen molar-refractivity contribution < 1.29 is 0 Å². The van der Waals surface area contributed by atoms with Gasteiger partial charge >= 0.3 is 0 Å². The second-order valence-electron chi connectivity index (χ2n) is 2.79. The molecule has 0 saturated carbocycles. The van der Waals surface area contributed by atoms with Gasteiger partial charge in [0.1, 0.15) is 0 Å². The monoisotopic (exact) mass is 146 g/mol. The van der Waals surface area contributed by atoms with Crippen molar-refractivity contribution in [1.29, 1.82) is 0 Å². The van der Waals surface area contributed by atoms with E-state index in [0.29, 0.717) is 0 Å². The Hall–Kier alpha value is -1.31. The molecule has 0 aliphatic carbocycles. The van der Waals surface area contributed by atoms with Crippen LogP contribution in [0.2, 0.25) is 0 Å². The molecule has 2 heterocycles. The van der Waals surface area contributed by atoms with Gasteiger partial charge in [0, 0.05) is 6.20 Å². The molecule has 0 fully saturated rings. The first-order valence-electron chi connectivity index (χ1n) is 3.68. The minimum absolute atomic E-state index is 1.20. The van der Waals surface area contributed by atoms with Crippen LogP contribution < -0.4 is 0 Å². The van der Waals surface area contributed by atoms with Crippen molar-refractivity contribution in [3.8, 4) is 0 Å². The zero-order chi connectivity index (χ0) is 7.84. The number of hydrogen-bond donors (Lipinski definition) is 0. The molecule has 0 atom stereocenters. The molecule has 0 aromatic carbocycles. The van der Waals surface area contributed by atoms with Crippen molar-refractivity contribution in [2.75, 3.05) is 0 Å². The minimum Gasteiger partial charge on any atom is -0.241 e. The molecule has 0 amide bonds. The molecular weight excluding hydrogens is 136 g/mol. The van der Waals surface area contributed by atoms with Gasteiger partial charge in [0.25, 0.3) is 0 Å². The second kappa shape index (κ2) is 2.09. The summed E-state index contributed by atoms with van der Waals surface area (Å²) < 4.78 is 1.89. The van der Waals surface area contributed by atoms with Gasteiger partial charge in [0.05, 0.1) is 11.7 Å². The summed E-state index contributed by atoms with van der Waals surface area (Å²) in [6.45, 7) is 4.20. The zero-order valence-electron chi connectivity index (χ0n) is 6.70. The van der Waals surface area contributed by atoms with Gasteiger partial charge in [-0.15, -0.1) is 0 Å². The van der Waals surface area contributed by atoms with E-state index in [4.69, 9.17) is 0 Å². The summed E-state index contributed by atoms with van der Waals surface area (Å²) in [6, 6.07) is 4.09. The predicted molar refractivity (Wildman–Crippen MR) is 44.7 cm³/mol. The van der Waals surface area contributed by atoms with E-state index in [-0.39, 0.29) is 0 Å². The Balaban J connectivity index is 2.93. The lowest BCUT2D eigenvalue weighted by Crippen LogP contribution is -1.93. The quantitative estimate of drug-likeness (QED) is 0.555. The highest BCUT2D eigenvalue weighted by molar-refractivity contribution is 5.55. The molecule has 2 aromatic heterocycles. The average molecular weight is 146 g/mol. The van der Waals surface area contributed by atoms with E-state index >= 15 is 0 Å². The second-order valence-corrected chi connectivity index (χ2v) is 2.79. The van der Waals surface area contributed by atoms with Crippen LogP contribution in [-0.2, 0) is 0 Å². The summed E-state index contributed by atoms with van der Waals surface area (Å²) in [6.07, 6.45) is 3.85. The van der Waals surface area contributed by atoms with E-state index in [2.05, 4.69) is 25.0 Å². The number of rotatable bonds is 0. The fourth-order valence-electron chi connectivity index (χ4n) is 1.22. The molecule has 2 heteroatoms. The summed E-state index contributed by atoms with van der Waals surface area (Å²) in [5, 5.41) is 4.22. The number of fused-ring (bicyclic) bond motifs is 1. The molecule has 0 bridgehead atoms.